The molecule has 0 atom stereocenters. The quantitative estimate of drug-likeness (QED) is 0.790. The number of nitrogen functional groups attached to an aromatic ring is 1. The minimum atomic E-state index is -3.76. The number of hydrogen-bond donors (Lipinski definition) is 2. The SMILES string of the molecule is CN1CCC(N(C)c2ccc(S(N)(=O)=O)c(N)c2)CC1. The van der Waals surface area contributed by atoms with Crippen LogP contribution in [0.4, 0.5) is 11.4 Å². The van der Waals surface area contributed by atoms with Crippen LogP contribution in [-0.2, 0) is 10.0 Å². The molecule has 1 aliphatic rings. The van der Waals surface area contributed by atoms with Crippen LogP contribution in [0.25, 0.3) is 0 Å². The number of hydrogen-bond acceptors (Lipinski definition) is 5. The molecule has 20 heavy (non-hydrogen) atoms. The molecule has 0 bridgehead atoms. The van der Waals surface area contributed by atoms with Gasteiger partial charge in [0.2, 0.25) is 10.0 Å². The van der Waals surface area contributed by atoms with Crippen LogP contribution in [0, 0.1) is 0 Å². The van der Waals surface area contributed by atoms with E-state index >= 15 is 0 Å². The molecule has 4 N–H and O–H groups in total. The lowest BCUT2D eigenvalue weighted by atomic mass is 10.0. The van der Waals surface area contributed by atoms with Gasteiger partial charge in [0.05, 0.1) is 5.69 Å². The zero-order valence-electron chi connectivity index (χ0n) is 11.9. The van der Waals surface area contributed by atoms with Crippen molar-refractivity contribution < 1.29 is 8.42 Å². The molecule has 0 aliphatic carbocycles. The van der Waals surface area contributed by atoms with Gasteiger partial charge in [-0.05, 0) is 51.2 Å². The van der Waals surface area contributed by atoms with Crippen molar-refractivity contribution in [3.63, 3.8) is 0 Å². The highest BCUT2D eigenvalue weighted by Gasteiger charge is 2.22. The standard InChI is InChI=1S/C13H22N4O2S/c1-16-7-5-10(6-8-16)17(2)11-3-4-13(12(14)9-11)20(15,18)19/h3-4,9-10H,5-8,14H2,1-2H3,(H2,15,18,19). The normalized spacial score (nSPS) is 18.1. The predicted octanol–water partition coefficient (Wildman–Crippen LogP) is 0.447. The molecule has 1 aromatic carbocycles. The van der Waals surface area contributed by atoms with Crippen LogP contribution < -0.4 is 15.8 Å². The fourth-order valence-electron chi connectivity index (χ4n) is 2.61. The average molecular weight is 298 g/mol. The molecule has 112 valence electrons. The summed E-state index contributed by atoms with van der Waals surface area (Å²) < 4.78 is 22.7. The Morgan fingerprint density at radius 3 is 2.40 bits per heavy atom. The van der Waals surface area contributed by atoms with Crippen molar-refractivity contribution in [2.45, 2.75) is 23.8 Å². The molecule has 0 unspecified atom stereocenters. The Morgan fingerprint density at radius 2 is 1.90 bits per heavy atom. The lowest BCUT2D eigenvalue weighted by Crippen LogP contribution is -2.42. The van der Waals surface area contributed by atoms with Gasteiger partial charge in [-0.15, -0.1) is 0 Å². The van der Waals surface area contributed by atoms with E-state index in [2.05, 4.69) is 16.8 Å². The van der Waals surface area contributed by atoms with Gasteiger partial charge in [0.25, 0.3) is 0 Å². The summed E-state index contributed by atoms with van der Waals surface area (Å²) in [6.07, 6.45) is 2.17. The molecule has 0 amide bonds. The molecule has 0 saturated carbocycles. The van der Waals surface area contributed by atoms with E-state index in [1.165, 1.54) is 6.07 Å². The second kappa shape index (κ2) is 5.59. The van der Waals surface area contributed by atoms with Gasteiger partial charge in [0, 0.05) is 18.8 Å². The van der Waals surface area contributed by atoms with Gasteiger partial charge in [0.15, 0.2) is 0 Å². The highest BCUT2D eigenvalue weighted by molar-refractivity contribution is 7.89. The fraction of sp³-hybridized carbons (Fsp3) is 0.538. The molecule has 0 aromatic heterocycles. The lowest BCUT2D eigenvalue weighted by Gasteiger charge is -2.36. The van der Waals surface area contributed by atoms with Gasteiger partial charge in [-0.1, -0.05) is 0 Å². The zero-order chi connectivity index (χ0) is 14.9. The molecule has 1 saturated heterocycles. The van der Waals surface area contributed by atoms with E-state index in [1.807, 2.05) is 7.05 Å². The van der Waals surface area contributed by atoms with Crippen molar-refractivity contribution in [3.8, 4) is 0 Å². The first kappa shape index (κ1) is 15.1. The molecular weight excluding hydrogens is 276 g/mol. The Morgan fingerprint density at radius 1 is 1.30 bits per heavy atom. The Balaban J connectivity index is 2.19. The van der Waals surface area contributed by atoms with E-state index in [9.17, 15) is 8.42 Å². The van der Waals surface area contributed by atoms with Crippen molar-refractivity contribution in [3.05, 3.63) is 18.2 Å². The summed E-state index contributed by atoms with van der Waals surface area (Å²) in [5.74, 6) is 0. The van der Waals surface area contributed by atoms with E-state index in [-0.39, 0.29) is 10.6 Å². The summed E-state index contributed by atoms with van der Waals surface area (Å²) in [4.78, 5) is 4.46. The smallest absolute Gasteiger partial charge is 0.240 e. The topological polar surface area (TPSA) is 92.7 Å². The summed E-state index contributed by atoms with van der Waals surface area (Å²) >= 11 is 0. The van der Waals surface area contributed by atoms with Crippen LogP contribution in [0.1, 0.15) is 12.8 Å². The lowest BCUT2D eigenvalue weighted by molar-refractivity contribution is 0.253. The number of anilines is 2. The third kappa shape index (κ3) is 3.23. The number of primary sulfonamides is 1. The Bertz CT molecular complexity index is 580. The molecular formula is C13H22N4O2S. The number of nitrogens with zero attached hydrogens (tertiary/aromatic N) is 2. The summed E-state index contributed by atoms with van der Waals surface area (Å²) in [6.45, 7) is 2.14. The van der Waals surface area contributed by atoms with Crippen molar-refractivity contribution in [1.29, 1.82) is 0 Å². The Kier molecular flexibility index (Phi) is 4.22. The van der Waals surface area contributed by atoms with Gasteiger partial charge in [-0.2, -0.15) is 0 Å². The number of rotatable bonds is 3. The van der Waals surface area contributed by atoms with Gasteiger partial charge in [-0.25, -0.2) is 13.6 Å². The fourth-order valence-corrected chi connectivity index (χ4v) is 3.25. The zero-order valence-corrected chi connectivity index (χ0v) is 12.7. The summed E-state index contributed by atoms with van der Waals surface area (Å²) in [6, 6.07) is 5.36. The third-order valence-electron chi connectivity index (χ3n) is 3.94. The van der Waals surface area contributed by atoms with Crippen LogP contribution >= 0.6 is 0 Å². The summed E-state index contributed by atoms with van der Waals surface area (Å²) in [5, 5.41) is 5.11. The van der Waals surface area contributed by atoms with Gasteiger partial charge < -0.3 is 15.5 Å². The molecule has 0 radical (unpaired) electrons. The maximum Gasteiger partial charge on any atom is 0.240 e. The second-order valence-electron chi connectivity index (χ2n) is 5.41. The number of likely N-dealkylation sites (tertiary alicyclic amines) is 1. The van der Waals surface area contributed by atoms with E-state index in [4.69, 9.17) is 10.9 Å². The molecule has 1 fully saturated rings. The third-order valence-corrected chi connectivity index (χ3v) is 4.93. The first-order valence-corrected chi connectivity index (χ1v) is 8.17. The van der Waals surface area contributed by atoms with Gasteiger partial charge >= 0.3 is 0 Å². The van der Waals surface area contributed by atoms with Crippen LogP contribution in [-0.4, -0.2) is 46.5 Å². The van der Waals surface area contributed by atoms with Crippen molar-refractivity contribution >= 4 is 21.4 Å². The Labute approximate surface area is 120 Å². The minimum Gasteiger partial charge on any atom is -0.398 e. The summed E-state index contributed by atoms with van der Waals surface area (Å²) in [7, 11) is 0.377. The van der Waals surface area contributed by atoms with Gasteiger partial charge in [0.1, 0.15) is 4.90 Å². The van der Waals surface area contributed by atoms with Crippen LogP contribution in [0.5, 0.6) is 0 Å². The molecule has 2 rings (SSSR count). The van der Waals surface area contributed by atoms with E-state index in [0.29, 0.717) is 6.04 Å². The maximum absolute atomic E-state index is 11.4. The monoisotopic (exact) mass is 298 g/mol. The first-order valence-electron chi connectivity index (χ1n) is 6.63. The molecule has 6 nitrogen and oxygen atoms in total. The first-order chi connectivity index (χ1) is 9.29. The maximum atomic E-state index is 11.4. The largest absolute Gasteiger partial charge is 0.398 e. The van der Waals surface area contributed by atoms with E-state index in [1.54, 1.807) is 12.1 Å². The number of piperidine rings is 1. The summed E-state index contributed by atoms with van der Waals surface area (Å²) in [5.41, 5.74) is 6.92. The molecule has 7 heteroatoms. The molecule has 1 aliphatic heterocycles. The predicted molar refractivity (Wildman–Crippen MR) is 81.1 cm³/mol. The van der Waals surface area contributed by atoms with E-state index < -0.39 is 10.0 Å². The van der Waals surface area contributed by atoms with Crippen molar-refractivity contribution in [2.24, 2.45) is 5.14 Å². The van der Waals surface area contributed by atoms with Crippen molar-refractivity contribution in [1.82, 2.24) is 4.90 Å². The van der Waals surface area contributed by atoms with Gasteiger partial charge in [-0.3, -0.25) is 0 Å². The minimum absolute atomic E-state index is 0.0157. The number of benzene rings is 1. The Hall–Kier alpha value is -1.31. The molecule has 1 aromatic rings. The second-order valence-corrected chi connectivity index (χ2v) is 6.94. The van der Waals surface area contributed by atoms with Crippen LogP contribution in [0.3, 0.4) is 0 Å². The van der Waals surface area contributed by atoms with E-state index in [0.717, 1.165) is 31.6 Å². The highest BCUT2D eigenvalue weighted by Crippen LogP contribution is 2.27. The van der Waals surface area contributed by atoms with Crippen LogP contribution in [0.2, 0.25) is 0 Å². The average Bonchev–Trinajstić information content (AvgIpc) is 2.37. The molecule has 1 heterocycles. The van der Waals surface area contributed by atoms with Crippen LogP contribution in [0.15, 0.2) is 23.1 Å². The molecule has 0 spiro atoms. The number of sulfonamides is 1. The highest BCUT2D eigenvalue weighted by atomic mass is 32.2. The van der Waals surface area contributed by atoms with Crippen molar-refractivity contribution in [2.75, 3.05) is 37.8 Å². The number of nitrogens with two attached hydrogens (primary N) is 2.